The Bertz CT molecular complexity index is 1770. The number of urea groups is 2. The largest absolute Gasteiger partial charge is 0.507 e. The Morgan fingerprint density at radius 2 is 0.915 bits per heavy atom. The third-order valence-electron chi connectivity index (χ3n) is 6.44. The smallest absolute Gasteiger partial charge is 0.341 e. The van der Waals surface area contributed by atoms with Crippen molar-refractivity contribution >= 4 is 46.8 Å². The standard InChI is InChI=1S/C31H24F4N4O8/c1-46-28(42)20-10-18(38-30(44)36-16-3-5-22(32)24(34)12-16)8-14(26(20)40)7-15-9-19(11-21(27(15)41)29(43)47-2)39-31(45)37-17-4-6-23(33)25(35)13-17/h3-6,8-13,40-41H,7H2,1-2H3,(H2,36,38,44)(H2,37,39,45). The maximum absolute atomic E-state index is 13.6. The molecule has 0 heterocycles. The SMILES string of the molecule is COC(=O)c1cc(NC(=O)Nc2ccc(F)c(F)c2)cc(Cc2cc(NC(=O)Nc3ccc(F)c(F)c3)cc(C(=O)OC)c2O)c1O. The Kier molecular flexibility index (Phi) is 10.1. The highest BCUT2D eigenvalue weighted by atomic mass is 19.2. The molecule has 0 aliphatic rings. The van der Waals surface area contributed by atoms with Gasteiger partial charge in [0.2, 0.25) is 0 Å². The van der Waals surface area contributed by atoms with Gasteiger partial charge in [0.1, 0.15) is 22.6 Å². The zero-order valence-corrected chi connectivity index (χ0v) is 24.3. The maximum atomic E-state index is 13.6. The summed E-state index contributed by atoms with van der Waals surface area (Å²) in [5, 5.41) is 31.2. The zero-order chi connectivity index (χ0) is 34.4. The lowest BCUT2D eigenvalue weighted by Gasteiger charge is -2.16. The van der Waals surface area contributed by atoms with Crippen molar-refractivity contribution in [1.29, 1.82) is 0 Å². The van der Waals surface area contributed by atoms with Gasteiger partial charge < -0.3 is 41.0 Å². The van der Waals surface area contributed by atoms with Gasteiger partial charge in [-0.3, -0.25) is 0 Å². The fourth-order valence-corrected chi connectivity index (χ4v) is 4.27. The van der Waals surface area contributed by atoms with E-state index in [-0.39, 0.29) is 33.9 Å². The van der Waals surface area contributed by atoms with E-state index in [9.17, 15) is 47.0 Å². The van der Waals surface area contributed by atoms with E-state index in [4.69, 9.17) is 9.47 Å². The first-order valence-electron chi connectivity index (χ1n) is 13.2. The van der Waals surface area contributed by atoms with Crippen LogP contribution in [0, 0.1) is 23.3 Å². The number of esters is 2. The first-order chi connectivity index (χ1) is 22.3. The van der Waals surface area contributed by atoms with Crippen molar-refractivity contribution < 1.29 is 56.4 Å². The molecule has 244 valence electrons. The average molecular weight is 657 g/mol. The Hall–Kier alpha value is -6.32. The molecule has 0 spiro atoms. The molecule has 0 aliphatic heterocycles. The summed E-state index contributed by atoms with van der Waals surface area (Å²) >= 11 is 0. The van der Waals surface area contributed by atoms with Gasteiger partial charge in [-0.1, -0.05) is 0 Å². The zero-order valence-electron chi connectivity index (χ0n) is 24.3. The van der Waals surface area contributed by atoms with Crippen LogP contribution in [0.5, 0.6) is 11.5 Å². The summed E-state index contributed by atoms with van der Waals surface area (Å²) in [5.74, 6) is -7.99. The molecule has 0 bridgehead atoms. The second-order valence-electron chi connectivity index (χ2n) is 9.64. The van der Waals surface area contributed by atoms with Gasteiger partial charge in [-0.25, -0.2) is 36.7 Å². The Balaban J connectivity index is 1.67. The first kappa shape index (κ1) is 33.6. The van der Waals surface area contributed by atoms with Crippen LogP contribution in [0.25, 0.3) is 0 Å². The van der Waals surface area contributed by atoms with Crippen molar-refractivity contribution in [2.45, 2.75) is 6.42 Å². The van der Waals surface area contributed by atoms with Crippen LogP contribution in [0.4, 0.5) is 49.9 Å². The number of halogens is 4. The summed E-state index contributed by atoms with van der Waals surface area (Å²) in [4.78, 5) is 50.1. The van der Waals surface area contributed by atoms with Crippen molar-refractivity contribution in [2.24, 2.45) is 0 Å². The van der Waals surface area contributed by atoms with Crippen LogP contribution in [0.1, 0.15) is 31.8 Å². The van der Waals surface area contributed by atoms with E-state index < -0.39 is 76.3 Å². The normalized spacial score (nSPS) is 10.5. The van der Waals surface area contributed by atoms with E-state index in [1.807, 2.05) is 0 Å². The molecule has 0 radical (unpaired) electrons. The maximum Gasteiger partial charge on any atom is 0.341 e. The molecule has 4 aromatic rings. The quantitative estimate of drug-likeness (QED) is 0.0749. The van der Waals surface area contributed by atoms with Gasteiger partial charge in [0.05, 0.1) is 14.2 Å². The number of hydrogen-bond donors (Lipinski definition) is 6. The van der Waals surface area contributed by atoms with Gasteiger partial charge in [0, 0.05) is 52.4 Å². The topological polar surface area (TPSA) is 175 Å². The second-order valence-corrected chi connectivity index (χ2v) is 9.64. The van der Waals surface area contributed by atoms with E-state index in [0.29, 0.717) is 0 Å². The van der Waals surface area contributed by atoms with Gasteiger partial charge in [-0.15, -0.1) is 0 Å². The second kappa shape index (κ2) is 14.2. The molecule has 0 saturated carbocycles. The molecule has 4 amide bonds. The van der Waals surface area contributed by atoms with E-state index in [1.165, 1.54) is 12.1 Å². The number of benzene rings is 4. The van der Waals surface area contributed by atoms with Crippen molar-refractivity contribution in [2.75, 3.05) is 35.5 Å². The lowest BCUT2D eigenvalue weighted by molar-refractivity contribution is 0.0588. The molecule has 0 saturated heterocycles. The summed E-state index contributed by atoms with van der Waals surface area (Å²) in [6, 6.07) is 7.91. The van der Waals surface area contributed by atoms with E-state index in [0.717, 1.165) is 62.8 Å². The Morgan fingerprint density at radius 1 is 0.553 bits per heavy atom. The molecular weight excluding hydrogens is 632 g/mol. The van der Waals surface area contributed by atoms with Gasteiger partial charge in [0.25, 0.3) is 0 Å². The number of nitrogens with one attached hydrogen (secondary N) is 4. The highest BCUT2D eigenvalue weighted by Crippen LogP contribution is 2.35. The molecule has 6 N–H and O–H groups in total. The minimum absolute atomic E-state index is 0.0915. The van der Waals surface area contributed by atoms with Crippen molar-refractivity contribution in [1.82, 2.24) is 0 Å². The monoisotopic (exact) mass is 656 g/mol. The minimum atomic E-state index is -1.22. The van der Waals surface area contributed by atoms with Crippen LogP contribution in [-0.4, -0.2) is 48.4 Å². The average Bonchev–Trinajstić information content (AvgIpc) is 3.02. The molecule has 47 heavy (non-hydrogen) atoms. The van der Waals surface area contributed by atoms with Crippen LogP contribution in [0.3, 0.4) is 0 Å². The van der Waals surface area contributed by atoms with E-state index in [2.05, 4.69) is 21.3 Å². The number of carbonyl (C=O) groups is 4. The number of methoxy groups -OCH3 is 2. The van der Waals surface area contributed by atoms with Crippen LogP contribution in [-0.2, 0) is 15.9 Å². The number of aromatic hydroxyl groups is 2. The molecule has 4 rings (SSSR count). The number of anilines is 4. The predicted molar refractivity (Wildman–Crippen MR) is 160 cm³/mol. The lowest BCUT2D eigenvalue weighted by atomic mass is 9.97. The molecule has 0 unspecified atom stereocenters. The highest BCUT2D eigenvalue weighted by molar-refractivity contribution is 6.03. The number of hydrogen-bond acceptors (Lipinski definition) is 8. The fraction of sp³-hybridized carbons (Fsp3) is 0.0968. The van der Waals surface area contributed by atoms with Crippen LogP contribution in [0.15, 0.2) is 60.7 Å². The number of phenols is 2. The summed E-state index contributed by atoms with van der Waals surface area (Å²) in [6.45, 7) is 0. The number of phenolic OH excluding ortho intramolecular Hbond substituents is 2. The molecule has 0 fully saturated rings. The predicted octanol–water partition coefficient (Wildman–Crippen LogP) is 6.11. The molecule has 0 atom stereocenters. The number of ether oxygens (including phenoxy) is 2. The highest BCUT2D eigenvalue weighted by Gasteiger charge is 2.23. The number of carbonyl (C=O) groups excluding carboxylic acids is 4. The Morgan fingerprint density at radius 3 is 1.26 bits per heavy atom. The Labute approximate surface area is 262 Å². The third kappa shape index (κ3) is 8.05. The molecule has 4 aromatic carbocycles. The molecular formula is C31H24F4N4O8. The fourth-order valence-electron chi connectivity index (χ4n) is 4.27. The third-order valence-corrected chi connectivity index (χ3v) is 6.44. The summed E-state index contributed by atoms with van der Waals surface area (Å²) in [6.07, 6.45) is -0.424. The molecule has 16 heteroatoms. The summed E-state index contributed by atoms with van der Waals surface area (Å²) < 4.78 is 63.1. The van der Waals surface area contributed by atoms with Crippen molar-refractivity contribution in [3.63, 3.8) is 0 Å². The molecule has 0 aromatic heterocycles. The molecule has 0 aliphatic carbocycles. The van der Waals surface area contributed by atoms with Crippen molar-refractivity contribution in [3.05, 3.63) is 106 Å². The minimum Gasteiger partial charge on any atom is -0.507 e. The van der Waals surface area contributed by atoms with Crippen LogP contribution in [0.2, 0.25) is 0 Å². The van der Waals surface area contributed by atoms with Crippen molar-refractivity contribution in [3.8, 4) is 11.5 Å². The van der Waals surface area contributed by atoms with Gasteiger partial charge in [-0.2, -0.15) is 0 Å². The van der Waals surface area contributed by atoms with Crippen LogP contribution < -0.4 is 21.3 Å². The van der Waals surface area contributed by atoms with Gasteiger partial charge >= 0.3 is 24.0 Å². The van der Waals surface area contributed by atoms with Crippen LogP contribution >= 0.6 is 0 Å². The lowest BCUT2D eigenvalue weighted by Crippen LogP contribution is -2.20. The van der Waals surface area contributed by atoms with E-state index >= 15 is 0 Å². The number of amides is 4. The van der Waals surface area contributed by atoms with E-state index in [1.54, 1.807) is 0 Å². The van der Waals surface area contributed by atoms with Gasteiger partial charge in [0.15, 0.2) is 23.3 Å². The summed E-state index contributed by atoms with van der Waals surface area (Å²) in [7, 11) is 2.07. The van der Waals surface area contributed by atoms with Gasteiger partial charge in [-0.05, 0) is 48.5 Å². The molecule has 12 nitrogen and oxygen atoms in total. The summed E-state index contributed by atoms with van der Waals surface area (Å²) in [5.41, 5.74) is -1.41. The first-order valence-corrected chi connectivity index (χ1v) is 13.2. The number of rotatable bonds is 8.